The largest absolute Gasteiger partial charge is 0.368 e. The lowest BCUT2D eigenvalue weighted by Crippen LogP contribution is -2.51. The van der Waals surface area contributed by atoms with Gasteiger partial charge in [-0.1, -0.05) is 43.2 Å². The summed E-state index contributed by atoms with van der Waals surface area (Å²) >= 11 is 0. The third-order valence-corrected chi connectivity index (χ3v) is 4.54. The summed E-state index contributed by atoms with van der Waals surface area (Å²) in [5.41, 5.74) is 11.6. The first-order valence-electron chi connectivity index (χ1n) is 7.38. The van der Waals surface area contributed by atoms with Crippen LogP contribution in [0.4, 0.5) is 0 Å². The van der Waals surface area contributed by atoms with Crippen LogP contribution in [-0.2, 0) is 10.3 Å². The minimum atomic E-state index is -1.08. The van der Waals surface area contributed by atoms with E-state index in [1.54, 1.807) is 0 Å². The number of nitrogens with two attached hydrogens (primary N) is 2. The van der Waals surface area contributed by atoms with Crippen LogP contribution in [0.25, 0.3) is 0 Å². The fraction of sp³-hybridized carbons (Fsp3) is 0.562. The molecule has 0 aromatic heterocycles. The maximum absolute atomic E-state index is 11.8. The predicted octanol–water partition coefficient (Wildman–Crippen LogP) is 1.59. The van der Waals surface area contributed by atoms with Crippen molar-refractivity contribution in [1.82, 2.24) is 4.90 Å². The fourth-order valence-corrected chi connectivity index (χ4v) is 3.03. The number of rotatable bonds is 6. The normalized spacial score (nSPS) is 19.1. The van der Waals surface area contributed by atoms with Crippen LogP contribution in [0.3, 0.4) is 0 Å². The van der Waals surface area contributed by atoms with Gasteiger partial charge in [0.05, 0.1) is 0 Å². The van der Waals surface area contributed by atoms with Gasteiger partial charge in [-0.25, -0.2) is 0 Å². The van der Waals surface area contributed by atoms with Crippen LogP contribution in [0, 0.1) is 0 Å². The van der Waals surface area contributed by atoms with E-state index in [4.69, 9.17) is 11.5 Å². The van der Waals surface area contributed by atoms with Gasteiger partial charge < -0.3 is 16.4 Å². The van der Waals surface area contributed by atoms with E-state index in [0.717, 1.165) is 12.1 Å². The molecule has 1 aromatic rings. The van der Waals surface area contributed by atoms with E-state index < -0.39 is 11.4 Å². The topological polar surface area (TPSA) is 72.3 Å². The quantitative estimate of drug-likeness (QED) is 0.828. The van der Waals surface area contributed by atoms with E-state index in [1.807, 2.05) is 30.3 Å². The Kier molecular flexibility index (Phi) is 4.78. The zero-order chi connectivity index (χ0) is 14.6. The van der Waals surface area contributed by atoms with Gasteiger partial charge in [0, 0.05) is 12.6 Å². The highest BCUT2D eigenvalue weighted by atomic mass is 16.1. The number of hydrogen-bond acceptors (Lipinski definition) is 3. The van der Waals surface area contributed by atoms with Crippen molar-refractivity contribution in [2.24, 2.45) is 11.5 Å². The van der Waals surface area contributed by atoms with Gasteiger partial charge >= 0.3 is 0 Å². The molecular formula is C16H25N3O. The molecule has 1 aliphatic carbocycles. The Bertz CT molecular complexity index is 442. The SMILES string of the molecule is CN(CCC(N)(C(N)=O)c1ccccc1)C1CCCC1. The molecule has 1 atom stereocenters. The lowest BCUT2D eigenvalue weighted by Gasteiger charge is -2.31. The minimum absolute atomic E-state index is 0.455. The van der Waals surface area contributed by atoms with Crippen LogP contribution in [0.2, 0.25) is 0 Å². The fourth-order valence-electron chi connectivity index (χ4n) is 3.03. The Balaban J connectivity index is 2.04. The highest BCUT2D eigenvalue weighted by molar-refractivity contribution is 5.85. The monoisotopic (exact) mass is 275 g/mol. The molecule has 0 saturated heterocycles. The Morgan fingerprint density at radius 1 is 1.30 bits per heavy atom. The van der Waals surface area contributed by atoms with Gasteiger partial charge in [0.2, 0.25) is 5.91 Å². The zero-order valence-electron chi connectivity index (χ0n) is 12.2. The molecule has 0 heterocycles. The first-order valence-corrected chi connectivity index (χ1v) is 7.38. The van der Waals surface area contributed by atoms with Crippen molar-refractivity contribution in [2.45, 2.75) is 43.7 Å². The zero-order valence-corrected chi connectivity index (χ0v) is 12.2. The molecule has 4 nitrogen and oxygen atoms in total. The maximum atomic E-state index is 11.8. The lowest BCUT2D eigenvalue weighted by atomic mass is 9.86. The molecule has 0 spiro atoms. The van der Waals surface area contributed by atoms with Crippen molar-refractivity contribution in [3.8, 4) is 0 Å². The average Bonchev–Trinajstić information content (AvgIpc) is 2.99. The first kappa shape index (κ1) is 15.0. The second kappa shape index (κ2) is 6.37. The van der Waals surface area contributed by atoms with Crippen molar-refractivity contribution < 1.29 is 4.79 Å². The maximum Gasteiger partial charge on any atom is 0.242 e. The number of nitrogens with zero attached hydrogens (tertiary/aromatic N) is 1. The van der Waals surface area contributed by atoms with Gasteiger partial charge in [-0.05, 0) is 31.9 Å². The summed E-state index contributed by atoms with van der Waals surface area (Å²) in [7, 11) is 2.11. The van der Waals surface area contributed by atoms with Crippen LogP contribution >= 0.6 is 0 Å². The molecule has 4 heteroatoms. The second-order valence-electron chi connectivity index (χ2n) is 5.87. The van der Waals surface area contributed by atoms with E-state index >= 15 is 0 Å². The standard InChI is InChI=1S/C16H25N3O/c1-19(14-9-5-6-10-14)12-11-16(18,15(17)20)13-7-3-2-4-8-13/h2-4,7-8,14H,5-6,9-12,18H2,1H3,(H2,17,20). The number of carbonyl (C=O) groups excluding carboxylic acids is 1. The van der Waals surface area contributed by atoms with Crippen LogP contribution in [-0.4, -0.2) is 30.4 Å². The van der Waals surface area contributed by atoms with Crippen LogP contribution < -0.4 is 11.5 Å². The average molecular weight is 275 g/mol. The Morgan fingerprint density at radius 3 is 2.45 bits per heavy atom. The Labute approximate surface area is 121 Å². The summed E-state index contributed by atoms with van der Waals surface area (Å²) in [6.07, 6.45) is 5.65. The van der Waals surface area contributed by atoms with E-state index in [2.05, 4.69) is 11.9 Å². The van der Waals surface area contributed by atoms with Gasteiger partial charge in [0.25, 0.3) is 0 Å². The molecule has 0 radical (unpaired) electrons. The summed E-state index contributed by atoms with van der Waals surface area (Å²) < 4.78 is 0. The molecular weight excluding hydrogens is 250 g/mol. The van der Waals surface area contributed by atoms with Crippen LogP contribution in [0.15, 0.2) is 30.3 Å². The number of hydrogen-bond donors (Lipinski definition) is 2. The van der Waals surface area contributed by atoms with Crippen molar-refractivity contribution in [3.05, 3.63) is 35.9 Å². The molecule has 1 unspecified atom stereocenters. The molecule has 110 valence electrons. The van der Waals surface area contributed by atoms with E-state index in [0.29, 0.717) is 12.5 Å². The molecule has 0 aliphatic heterocycles. The molecule has 4 N–H and O–H groups in total. The van der Waals surface area contributed by atoms with E-state index in [-0.39, 0.29) is 0 Å². The molecule has 1 amide bonds. The number of primary amides is 1. The lowest BCUT2D eigenvalue weighted by molar-refractivity contribution is -0.123. The molecule has 0 bridgehead atoms. The summed E-state index contributed by atoms with van der Waals surface area (Å²) in [5.74, 6) is -0.455. The highest BCUT2D eigenvalue weighted by Gasteiger charge is 2.34. The van der Waals surface area contributed by atoms with Gasteiger partial charge in [-0.3, -0.25) is 4.79 Å². The highest BCUT2D eigenvalue weighted by Crippen LogP contribution is 2.26. The molecule has 1 saturated carbocycles. The third kappa shape index (κ3) is 3.19. The molecule has 1 aliphatic rings. The third-order valence-electron chi connectivity index (χ3n) is 4.54. The summed E-state index contributed by atoms with van der Waals surface area (Å²) in [6, 6.07) is 10.1. The summed E-state index contributed by atoms with van der Waals surface area (Å²) in [4.78, 5) is 14.2. The molecule has 20 heavy (non-hydrogen) atoms. The summed E-state index contributed by atoms with van der Waals surface area (Å²) in [6.45, 7) is 0.791. The van der Waals surface area contributed by atoms with Crippen LogP contribution in [0.1, 0.15) is 37.7 Å². The molecule has 1 fully saturated rings. The van der Waals surface area contributed by atoms with Gasteiger partial charge in [0.1, 0.15) is 5.54 Å². The number of carbonyl (C=O) groups is 1. The van der Waals surface area contributed by atoms with Crippen molar-refractivity contribution in [3.63, 3.8) is 0 Å². The van der Waals surface area contributed by atoms with Crippen molar-refractivity contribution in [1.29, 1.82) is 0 Å². The van der Waals surface area contributed by atoms with Gasteiger partial charge in [-0.2, -0.15) is 0 Å². The van der Waals surface area contributed by atoms with E-state index in [1.165, 1.54) is 25.7 Å². The van der Waals surface area contributed by atoms with Gasteiger partial charge in [0.15, 0.2) is 0 Å². The Hall–Kier alpha value is -1.39. The van der Waals surface area contributed by atoms with Gasteiger partial charge in [-0.15, -0.1) is 0 Å². The van der Waals surface area contributed by atoms with E-state index in [9.17, 15) is 4.79 Å². The predicted molar refractivity (Wildman–Crippen MR) is 81.0 cm³/mol. The Morgan fingerprint density at radius 2 is 1.90 bits per heavy atom. The van der Waals surface area contributed by atoms with Crippen molar-refractivity contribution >= 4 is 5.91 Å². The minimum Gasteiger partial charge on any atom is -0.368 e. The number of amides is 1. The number of benzene rings is 1. The van der Waals surface area contributed by atoms with Crippen molar-refractivity contribution in [2.75, 3.05) is 13.6 Å². The molecule has 2 rings (SSSR count). The first-order chi connectivity index (χ1) is 9.54. The summed E-state index contributed by atoms with van der Waals surface area (Å²) in [5, 5.41) is 0. The smallest absolute Gasteiger partial charge is 0.242 e. The molecule has 1 aromatic carbocycles. The van der Waals surface area contributed by atoms with Crippen LogP contribution in [0.5, 0.6) is 0 Å². The second-order valence-corrected chi connectivity index (χ2v) is 5.87.